The maximum absolute atomic E-state index is 9.42. The predicted octanol–water partition coefficient (Wildman–Crippen LogP) is 3.50. The molecule has 1 aliphatic heterocycles. The zero-order valence-corrected chi connectivity index (χ0v) is 11.7. The molecule has 0 atom stereocenters. The van der Waals surface area contributed by atoms with Gasteiger partial charge >= 0.3 is 0 Å². The highest BCUT2D eigenvalue weighted by Gasteiger charge is 2.35. The lowest BCUT2D eigenvalue weighted by Gasteiger charge is -2.32. The predicted molar refractivity (Wildman–Crippen MR) is 75.6 cm³/mol. The Bertz CT molecular complexity index is 689. The Balaban J connectivity index is 2.45. The highest BCUT2D eigenvalue weighted by atomic mass is 16.3. The highest BCUT2D eigenvalue weighted by molar-refractivity contribution is 5.57. The second-order valence-electron chi connectivity index (χ2n) is 5.11. The van der Waals surface area contributed by atoms with Crippen LogP contribution >= 0.6 is 0 Å². The number of nitrogens with one attached hydrogen (secondary N) is 1. The third-order valence-corrected chi connectivity index (χ3v) is 3.40. The third kappa shape index (κ3) is 2.24. The topological polar surface area (TPSA) is 72.8 Å². The Labute approximate surface area is 118 Å². The number of nitrogens with zero attached hydrogens (tertiary/aromatic N) is 2. The molecular weight excluding hydrogens is 250 g/mol. The normalized spacial score (nSPS) is 17.9. The van der Waals surface area contributed by atoms with Gasteiger partial charge in [-0.25, -0.2) is 0 Å². The van der Waals surface area contributed by atoms with Crippen LogP contribution in [-0.2, 0) is 0 Å². The molecule has 0 aliphatic carbocycles. The number of hydrogen-bond donors (Lipinski definition) is 1. The molecule has 0 aromatic carbocycles. The quantitative estimate of drug-likeness (QED) is 0.888. The van der Waals surface area contributed by atoms with E-state index in [2.05, 4.69) is 17.5 Å². The number of rotatable bonds is 2. The van der Waals surface area contributed by atoms with Gasteiger partial charge in [-0.15, -0.1) is 0 Å². The van der Waals surface area contributed by atoms with Gasteiger partial charge in [-0.1, -0.05) is 13.8 Å². The van der Waals surface area contributed by atoms with E-state index in [0.29, 0.717) is 22.6 Å². The fraction of sp³-hybridized carbons (Fsp3) is 0.250. The first-order chi connectivity index (χ1) is 9.50. The van der Waals surface area contributed by atoms with Crippen LogP contribution in [0.1, 0.15) is 26.5 Å². The van der Waals surface area contributed by atoms with Crippen molar-refractivity contribution in [2.75, 3.05) is 0 Å². The molecule has 100 valence electrons. The van der Waals surface area contributed by atoms with Gasteiger partial charge in [-0.3, -0.25) is 0 Å². The van der Waals surface area contributed by atoms with Crippen molar-refractivity contribution in [1.82, 2.24) is 5.32 Å². The molecule has 0 radical (unpaired) electrons. The molecular formula is C16H15N3O. The van der Waals surface area contributed by atoms with E-state index in [1.165, 1.54) is 0 Å². The summed E-state index contributed by atoms with van der Waals surface area (Å²) >= 11 is 0. The van der Waals surface area contributed by atoms with Crippen molar-refractivity contribution in [3.8, 4) is 12.1 Å². The molecule has 0 spiro atoms. The minimum atomic E-state index is -0.596. The molecule has 0 unspecified atom stereocenters. The van der Waals surface area contributed by atoms with Crippen LogP contribution in [0, 0.1) is 28.1 Å². The van der Waals surface area contributed by atoms with Gasteiger partial charge < -0.3 is 9.73 Å². The zero-order chi connectivity index (χ0) is 14.8. The van der Waals surface area contributed by atoms with Gasteiger partial charge in [0.05, 0.1) is 35.2 Å². The molecule has 4 nitrogen and oxygen atoms in total. The zero-order valence-electron chi connectivity index (χ0n) is 11.7. The molecule has 2 rings (SSSR count). The van der Waals surface area contributed by atoms with Crippen molar-refractivity contribution in [2.45, 2.75) is 20.8 Å². The van der Waals surface area contributed by atoms with Gasteiger partial charge in [0.2, 0.25) is 0 Å². The average Bonchev–Trinajstić information content (AvgIpc) is 2.88. The SMILES string of the molecule is CC1=C(C#N)C(C)(C)C(C#N)=C(/C=C/c2ccco2)N1. The molecule has 4 heteroatoms. The van der Waals surface area contributed by atoms with Crippen molar-refractivity contribution >= 4 is 6.08 Å². The summed E-state index contributed by atoms with van der Waals surface area (Å²) in [4.78, 5) is 0. The van der Waals surface area contributed by atoms with E-state index in [-0.39, 0.29) is 0 Å². The second-order valence-corrected chi connectivity index (χ2v) is 5.11. The van der Waals surface area contributed by atoms with Crippen molar-refractivity contribution < 1.29 is 4.42 Å². The average molecular weight is 265 g/mol. The molecule has 1 aromatic heterocycles. The summed E-state index contributed by atoms with van der Waals surface area (Å²) in [6.45, 7) is 5.61. The van der Waals surface area contributed by atoms with Crippen LogP contribution in [0.25, 0.3) is 6.08 Å². The number of furan rings is 1. The Hall–Kier alpha value is -2.72. The monoisotopic (exact) mass is 265 g/mol. The number of hydrogen-bond acceptors (Lipinski definition) is 4. The van der Waals surface area contributed by atoms with Crippen LogP contribution in [0.3, 0.4) is 0 Å². The van der Waals surface area contributed by atoms with Crippen LogP contribution in [0.15, 0.2) is 51.4 Å². The Kier molecular flexibility index (Phi) is 3.50. The standard InChI is InChI=1S/C16H15N3O/c1-11-13(9-17)16(2,3)14(10-18)15(19-11)7-6-12-5-4-8-20-12/h4-8,19H,1-3H3/b7-6+. The summed E-state index contributed by atoms with van der Waals surface area (Å²) in [6, 6.07) is 8.03. The van der Waals surface area contributed by atoms with Crippen LogP contribution in [-0.4, -0.2) is 0 Å². The Morgan fingerprint density at radius 3 is 2.45 bits per heavy atom. The molecule has 0 saturated carbocycles. The van der Waals surface area contributed by atoms with Crippen LogP contribution < -0.4 is 5.32 Å². The van der Waals surface area contributed by atoms with E-state index in [1.54, 1.807) is 24.5 Å². The molecule has 20 heavy (non-hydrogen) atoms. The van der Waals surface area contributed by atoms with Crippen LogP contribution in [0.4, 0.5) is 0 Å². The molecule has 0 fully saturated rings. The van der Waals surface area contributed by atoms with Gasteiger partial charge in [0.15, 0.2) is 0 Å². The van der Waals surface area contributed by atoms with Gasteiger partial charge in [-0.2, -0.15) is 10.5 Å². The van der Waals surface area contributed by atoms with E-state index in [9.17, 15) is 10.5 Å². The smallest absolute Gasteiger partial charge is 0.126 e. The lowest BCUT2D eigenvalue weighted by atomic mass is 9.74. The number of nitriles is 2. The first kappa shape index (κ1) is 13.7. The number of allylic oxidation sites excluding steroid dienone is 4. The summed E-state index contributed by atoms with van der Waals surface area (Å²) in [5.41, 5.74) is 2.01. The highest BCUT2D eigenvalue weighted by Crippen LogP contribution is 2.40. The molecule has 2 heterocycles. The fourth-order valence-corrected chi connectivity index (χ4v) is 2.36. The van der Waals surface area contributed by atoms with Gasteiger partial charge in [0.25, 0.3) is 0 Å². The van der Waals surface area contributed by atoms with E-state index >= 15 is 0 Å². The fourth-order valence-electron chi connectivity index (χ4n) is 2.36. The van der Waals surface area contributed by atoms with Crippen molar-refractivity contribution in [3.63, 3.8) is 0 Å². The summed E-state index contributed by atoms with van der Waals surface area (Å²) < 4.78 is 5.23. The summed E-state index contributed by atoms with van der Waals surface area (Å²) in [7, 11) is 0. The van der Waals surface area contributed by atoms with E-state index < -0.39 is 5.41 Å². The Morgan fingerprint density at radius 1 is 1.20 bits per heavy atom. The van der Waals surface area contributed by atoms with Crippen LogP contribution in [0.2, 0.25) is 0 Å². The molecule has 1 N–H and O–H groups in total. The molecule has 0 bridgehead atoms. The van der Waals surface area contributed by atoms with E-state index in [4.69, 9.17) is 4.42 Å². The van der Waals surface area contributed by atoms with Gasteiger partial charge in [0, 0.05) is 11.1 Å². The van der Waals surface area contributed by atoms with Crippen molar-refractivity contribution in [2.24, 2.45) is 5.41 Å². The first-order valence-electron chi connectivity index (χ1n) is 6.25. The maximum Gasteiger partial charge on any atom is 0.126 e. The Morgan fingerprint density at radius 2 is 1.90 bits per heavy atom. The third-order valence-electron chi connectivity index (χ3n) is 3.40. The van der Waals surface area contributed by atoms with Crippen molar-refractivity contribution in [1.29, 1.82) is 10.5 Å². The molecule has 0 saturated heterocycles. The van der Waals surface area contributed by atoms with E-state index in [1.807, 2.05) is 26.8 Å². The largest absolute Gasteiger partial charge is 0.465 e. The van der Waals surface area contributed by atoms with Crippen molar-refractivity contribution in [3.05, 3.63) is 52.8 Å². The minimum Gasteiger partial charge on any atom is -0.465 e. The molecule has 1 aromatic rings. The van der Waals surface area contributed by atoms with Gasteiger partial charge in [0.1, 0.15) is 5.76 Å². The summed E-state index contributed by atoms with van der Waals surface area (Å²) in [5, 5.41) is 21.8. The maximum atomic E-state index is 9.42. The second kappa shape index (κ2) is 5.11. The van der Waals surface area contributed by atoms with E-state index in [0.717, 1.165) is 5.70 Å². The minimum absolute atomic E-state index is 0.544. The lowest BCUT2D eigenvalue weighted by molar-refractivity contribution is 0.537. The van der Waals surface area contributed by atoms with Crippen LogP contribution in [0.5, 0.6) is 0 Å². The number of dihydropyridines is 1. The molecule has 1 aliphatic rings. The lowest BCUT2D eigenvalue weighted by Crippen LogP contribution is -2.30. The molecule has 0 amide bonds. The van der Waals surface area contributed by atoms with Gasteiger partial charge in [-0.05, 0) is 31.2 Å². The summed E-state index contributed by atoms with van der Waals surface area (Å²) in [5.74, 6) is 0.710. The summed E-state index contributed by atoms with van der Waals surface area (Å²) in [6.07, 6.45) is 5.19. The first-order valence-corrected chi connectivity index (χ1v) is 6.25.